The molecule has 0 radical (unpaired) electrons. The van der Waals surface area contributed by atoms with Crippen molar-refractivity contribution in [3.05, 3.63) is 73.9 Å². The van der Waals surface area contributed by atoms with Gasteiger partial charge in [-0.15, -0.1) is 0 Å². The number of fused-ring (bicyclic) bond motifs is 3. The van der Waals surface area contributed by atoms with Gasteiger partial charge < -0.3 is 14.6 Å². The van der Waals surface area contributed by atoms with Crippen molar-refractivity contribution >= 4 is 40.1 Å². The highest BCUT2D eigenvalue weighted by molar-refractivity contribution is 6.34. The van der Waals surface area contributed by atoms with Crippen LogP contribution >= 0.6 is 11.6 Å². The fourth-order valence-corrected chi connectivity index (χ4v) is 3.85. The van der Waals surface area contributed by atoms with Gasteiger partial charge in [0.25, 0.3) is 11.6 Å². The normalized spacial score (nSPS) is 13.2. The Labute approximate surface area is 170 Å². The third kappa shape index (κ3) is 3.31. The van der Waals surface area contributed by atoms with E-state index in [2.05, 4.69) is 4.98 Å². The first-order chi connectivity index (χ1) is 13.9. The molecule has 0 spiro atoms. The number of halogens is 1. The Kier molecular flexibility index (Phi) is 4.71. The van der Waals surface area contributed by atoms with Crippen LogP contribution in [0.3, 0.4) is 0 Å². The van der Waals surface area contributed by atoms with Gasteiger partial charge in [-0.2, -0.15) is 0 Å². The molecule has 2 heterocycles. The number of esters is 1. The zero-order valence-electron chi connectivity index (χ0n) is 15.4. The van der Waals surface area contributed by atoms with Crippen molar-refractivity contribution < 1.29 is 19.2 Å². The predicted molar refractivity (Wildman–Crippen MR) is 106 cm³/mol. The first-order valence-corrected chi connectivity index (χ1v) is 9.22. The quantitative estimate of drug-likeness (QED) is 0.400. The zero-order chi connectivity index (χ0) is 20.7. The van der Waals surface area contributed by atoms with Gasteiger partial charge in [-0.25, -0.2) is 4.79 Å². The fraction of sp³-hybridized carbons (Fsp3) is 0.200. The summed E-state index contributed by atoms with van der Waals surface area (Å²) >= 11 is 6.12. The maximum Gasteiger partial charge on any atom is 0.337 e. The molecule has 1 amide bonds. The molecule has 148 valence electrons. The van der Waals surface area contributed by atoms with Gasteiger partial charge in [0, 0.05) is 53.8 Å². The van der Waals surface area contributed by atoms with E-state index in [4.69, 9.17) is 16.3 Å². The average molecular weight is 414 g/mol. The molecule has 1 N–H and O–H groups in total. The minimum atomic E-state index is -0.557. The largest absolute Gasteiger partial charge is 0.465 e. The van der Waals surface area contributed by atoms with Gasteiger partial charge in [-0.3, -0.25) is 14.9 Å². The van der Waals surface area contributed by atoms with Crippen LogP contribution in [0.5, 0.6) is 0 Å². The summed E-state index contributed by atoms with van der Waals surface area (Å²) in [5.74, 6) is -0.725. The van der Waals surface area contributed by atoms with E-state index >= 15 is 0 Å². The lowest BCUT2D eigenvalue weighted by Gasteiger charge is -2.27. The lowest BCUT2D eigenvalue weighted by Crippen LogP contribution is -2.36. The summed E-state index contributed by atoms with van der Waals surface area (Å²) in [5, 5.41) is 11.8. The molecule has 0 unspecified atom stereocenters. The number of aromatic nitrogens is 1. The number of aromatic amines is 1. The van der Waals surface area contributed by atoms with E-state index < -0.39 is 10.9 Å². The van der Waals surface area contributed by atoms with Crippen LogP contribution in [0.2, 0.25) is 5.02 Å². The van der Waals surface area contributed by atoms with Gasteiger partial charge in [0.1, 0.15) is 0 Å². The van der Waals surface area contributed by atoms with Gasteiger partial charge in [0.05, 0.1) is 28.2 Å². The molecule has 0 atom stereocenters. The predicted octanol–water partition coefficient (Wildman–Crippen LogP) is 3.71. The SMILES string of the molecule is COC(=O)c1ccc2[nH]c3c(c2c1)CN(C(=O)c1ccc([N+](=O)[O-])cc1Cl)CC3. The summed E-state index contributed by atoms with van der Waals surface area (Å²) < 4.78 is 4.79. The Balaban J connectivity index is 1.66. The first kappa shape index (κ1) is 18.9. The van der Waals surface area contributed by atoms with E-state index in [1.165, 1.54) is 25.3 Å². The number of methoxy groups -OCH3 is 1. The highest BCUT2D eigenvalue weighted by Gasteiger charge is 2.27. The van der Waals surface area contributed by atoms with Crippen molar-refractivity contribution in [3.63, 3.8) is 0 Å². The van der Waals surface area contributed by atoms with Crippen LogP contribution in [-0.4, -0.2) is 40.3 Å². The molecule has 0 aliphatic carbocycles. The molecule has 29 heavy (non-hydrogen) atoms. The highest BCUT2D eigenvalue weighted by Crippen LogP contribution is 2.31. The van der Waals surface area contributed by atoms with Crippen LogP contribution in [0.15, 0.2) is 36.4 Å². The van der Waals surface area contributed by atoms with Crippen molar-refractivity contribution in [2.75, 3.05) is 13.7 Å². The molecular weight excluding hydrogens is 398 g/mol. The molecule has 0 saturated heterocycles. The van der Waals surface area contributed by atoms with Crippen molar-refractivity contribution in [2.45, 2.75) is 13.0 Å². The minimum Gasteiger partial charge on any atom is -0.465 e. The number of rotatable bonds is 3. The number of carbonyl (C=O) groups excluding carboxylic acids is 2. The molecule has 4 rings (SSSR count). The number of amides is 1. The Hall–Kier alpha value is -3.39. The summed E-state index contributed by atoms with van der Waals surface area (Å²) in [6.45, 7) is 0.821. The molecule has 0 fully saturated rings. The molecule has 9 heteroatoms. The monoisotopic (exact) mass is 413 g/mol. The maximum absolute atomic E-state index is 13.0. The van der Waals surface area contributed by atoms with Crippen LogP contribution in [0, 0.1) is 10.1 Å². The minimum absolute atomic E-state index is 0.0434. The van der Waals surface area contributed by atoms with E-state index in [1.54, 1.807) is 17.0 Å². The van der Waals surface area contributed by atoms with Crippen molar-refractivity contribution in [1.82, 2.24) is 9.88 Å². The topological polar surface area (TPSA) is 106 Å². The fourth-order valence-electron chi connectivity index (χ4n) is 3.59. The van der Waals surface area contributed by atoms with Gasteiger partial charge >= 0.3 is 5.97 Å². The Bertz CT molecular complexity index is 1170. The Morgan fingerprint density at radius 1 is 1.24 bits per heavy atom. The number of nitro groups is 1. The van der Waals surface area contributed by atoms with Crippen LogP contribution in [0.25, 0.3) is 10.9 Å². The summed E-state index contributed by atoms with van der Waals surface area (Å²) in [4.78, 5) is 40.1. The van der Waals surface area contributed by atoms with Gasteiger partial charge in [0.2, 0.25) is 0 Å². The average Bonchev–Trinajstić information content (AvgIpc) is 3.09. The Morgan fingerprint density at radius 3 is 2.72 bits per heavy atom. The van der Waals surface area contributed by atoms with Crippen molar-refractivity contribution in [2.24, 2.45) is 0 Å². The molecule has 0 saturated carbocycles. The number of nitrogens with zero attached hydrogens (tertiary/aromatic N) is 2. The van der Waals surface area contributed by atoms with Gasteiger partial charge in [0.15, 0.2) is 0 Å². The standard InChI is InChI=1S/C20H16ClN3O5/c1-29-20(26)11-2-5-17-14(8-11)15-10-23(7-6-18(15)22-17)19(25)13-4-3-12(24(27)28)9-16(13)21/h2-5,8-9,22H,6-7,10H2,1H3. The summed E-state index contributed by atoms with van der Waals surface area (Å²) in [6, 6.07) is 9.09. The Morgan fingerprint density at radius 2 is 2.03 bits per heavy atom. The van der Waals surface area contributed by atoms with E-state index in [9.17, 15) is 19.7 Å². The number of hydrogen-bond acceptors (Lipinski definition) is 5. The summed E-state index contributed by atoms with van der Waals surface area (Å²) in [7, 11) is 1.33. The number of non-ortho nitro benzene ring substituents is 1. The van der Waals surface area contributed by atoms with Crippen LogP contribution in [0.4, 0.5) is 5.69 Å². The third-order valence-corrected chi connectivity index (χ3v) is 5.39. The zero-order valence-corrected chi connectivity index (χ0v) is 16.2. The lowest BCUT2D eigenvalue weighted by atomic mass is 10.0. The number of hydrogen-bond donors (Lipinski definition) is 1. The molecule has 3 aromatic rings. The number of ether oxygens (including phenoxy) is 1. The van der Waals surface area contributed by atoms with Crippen LogP contribution in [-0.2, 0) is 17.7 Å². The van der Waals surface area contributed by atoms with Crippen molar-refractivity contribution in [3.8, 4) is 0 Å². The number of nitro benzene ring substituents is 1. The van der Waals surface area contributed by atoms with Crippen LogP contribution in [0.1, 0.15) is 32.0 Å². The molecule has 1 aliphatic heterocycles. The van der Waals surface area contributed by atoms with E-state index in [-0.39, 0.29) is 22.2 Å². The lowest BCUT2D eigenvalue weighted by molar-refractivity contribution is -0.384. The number of H-pyrrole nitrogens is 1. The van der Waals surface area contributed by atoms with E-state index in [0.717, 1.165) is 22.2 Å². The maximum atomic E-state index is 13.0. The molecule has 2 aromatic carbocycles. The number of nitrogens with one attached hydrogen (secondary N) is 1. The second-order valence-electron chi connectivity index (χ2n) is 6.73. The molecule has 0 bridgehead atoms. The summed E-state index contributed by atoms with van der Waals surface area (Å²) in [6.07, 6.45) is 0.619. The third-order valence-electron chi connectivity index (χ3n) is 5.08. The molecular formula is C20H16ClN3O5. The highest BCUT2D eigenvalue weighted by atomic mass is 35.5. The first-order valence-electron chi connectivity index (χ1n) is 8.84. The van der Waals surface area contributed by atoms with E-state index in [1.807, 2.05) is 6.07 Å². The number of carbonyl (C=O) groups is 2. The molecule has 8 nitrogen and oxygen atoms in total. The smallest absolute Gasteiger partial charge is 0.337 e. The van der Waals surface area contributed by atoms with Crippen LogP contribution < -0.4 is 0 Å². The second kappa shape index (κ2) is 7.21. The van der Waals surface area contributed by atoms with Gasteiger partial charge in [-0.05, 0) is 24.3 Å². The van der Waals surface area contributed by atoms with Crippen molar-refractivity contribution in [1.29, 1.82) is 0 Å². The molecule has 1 aliphatic rings. The van der Waals surface area contributed by atoms with E-state index in [0.29, 0.717) is 25.1 Å². The summed E-state index contributed by atoms with van der Waals surface area (Å²) in [5.41, 5.74) is 3.31. The second-order valence-corrected chi connectivity index (χ2v) is 7.14. The van der Waals surface area contributed by atoms with Gasteiger partial charge in [-0.1, -0.05) is 11.6 Å². The molecule has 1 aromatic heterocycles. The number of benzene rings is 2.